The molecular formula is C19H21NO3S. The van der Waals surface area contributed by atoms with Crippen LogP contribution in [-0.2, 0) is 17.6 Å². The SMILES string of the molecule is CCC1c2ccsc2CCN1C(=O)CCc1ccc(C(=O)O)cc1. The van der Waals surface area contributed by atoms with Crippen molar-refractivity contribution >= 4 is 23.2 Å². The van der Waals surface area contributed by atoms with E-state index in [0.29, 0.717) is 12.8 Å². The van der Waals surface area contributed by atoms with Gasteiger partial charge in [0, 0.05) is 17.8 Å². The van der Waals surface area contributed by atoms with E-state index in [2.05, 4.69) is 18.4 Å². The van der Waals surface area contributed by atoms with Crippen molar-refractivity contribution in [3.8, 4) is 0 Å². The van der Waals surface area contributed by atoms with Crippen molar-refractivity contribution in [2.24, 2.45) is 0 Å². The van der Waals surface area contributed by atoms with Crippen molar-refractivity contribution in [2.75, 3.05) is 6.54 Å². The van der Waals surface area contributed by atoms with Crippen LogP contribution in [-0.4, -0.2) is 28.4 Å². The number of nitrogens with zero attached hydrogens (tertiary/aromatic N) is 1. The minimum absolute atomic E-state index is 0.181. The molecule has 4 nitrogen and oxygen atoms in total. The molecule has 1 aromatic heterocycles. The molecule has 0 radical (unpaired) electrons. The summed E-state index contributed by atoms with van der Waals surface area (Å²) >= 11 is 1.79. The lowest BCUT2D eigenvalue weighted by Gasteiger charge is -2.35. The van der Waals surface area contributed by atoms with Crippen LogP contribution in [0.25, 0.3) is 0 Å². The number of aryl methyl sites for hydroxylation is 1. The van der Waals surface area contributed by atoms with E-state index in [1.54, 1.807) is 35.6 Å². The molecule has 0 bridgehead atoms. The van der Waals surface area contributed by atoms with E-state index in [-0.39, 0.29) is 17.5 Å². The third-order valence-corrected chi connectivity index (χ3v) is 5.63. The van der Waals surface area contributed by atoms with E-state index >= 15 is 0 Å². The van der Waals surface area contributed by atoms with Crippen LogP contribution in [0, 0.1) is 0 Å². The highest BCUT2D eigenvalue weighted by molar-refractivity contribution is 7.10. The van der Waals surface area contributed by atoms with Gasteiger partial charge in [-0.25, -0.2) is 4.79 Å². The van der Waals surface area contributed by atoms with E-state index in [4.69, 9.17) is 5.11 Å². The first-order chi connectivity index (χ1) is 11.6. The van der Waals surface area contributed by atoms with Crippen molar-refractivity contribution in [3.05, 3.63) is 57.3 Å². The fraction of sp³-hybridized carbons (Fsp3) is 0.368. The van der Waals surface area contributed by atoms with E-state index in [1.807, 2.05) is 4.90 Å². The van der Waals surface area contributed by atoms with Gasteiger partial charge in [-0.15, -0.1) is 11.3 Å². The van der Waals surface area contributed by atoms with E-state index in [0.717, 1.165) is 24.9 Å². The van der Waals surface area contributed by atoms with Gasteiger partial charge in [-0.05, 0) is 54.0 Å². The van der Waals surface area contributed by atoms with Crippen LogP contribution in [0.15, 0.2) is 35.7 Å². The van der Waals surface area contributed by atoms with Gasteiger partial charge in [0.2, 0.25) is 5.91 Å². The number of hydrogen-bond acceptors (Lipinski definition) is 3. The van der Waals surface area contributed by atoms with Crippen molar-refractivity contribution in [1.29, 1.82) is 0 Å². The van der Waals surface area contributed by atoms with Gasteiger partial charge in [0.15, 0.2) is 0 Å². The molecule has 2 heterocycles. The molecule has 1 aliphatic rings. The summed E-state index contributed by atoms with van der Waals surface area (Å²) in [6.45, 7) is 2.92. The second-order valence-corrected chi connectivity index (χ2v) is 7.06. The van der Waals surface area contributed by atoms with Gasteiger partial charge < -0.3 is 10.0 Å². The number of hydrogen-bond donors (Lipinski definition) is 1. The largest absolute Gasteiger partial charge is 0.478 e. The third-order valence-electron chi connectivity index (χ3n) is 4.63. The second kappa shape index (κ2) is 7.18. The molecule has 1 amide bonds. The number of aromatic carboxylic acids is 1. The zero-order chi connectivity index (χ0) is 17.1. The lowest BCUT2D eigenvalue weighted by Crippen LogP contribution is -2.39. The Bertz CT molecular complexity index is 735. The van der Waals surface area contributed by atoms with E-state index in [9.17, 15) is 9.59 Å². The van der Waals surface area contributed by atoms with Crippen LogP contribution in [0.3, 0.4) is 0 Å². The average Bonchev–Trinajstić information content (AvgIpc) is 3.07. The monoisotopic (exact) mass is 343 g/mol. The molecule has 1 N–H and O–H groups in total. The number of carboxylic acid groups (broad SMARTS) is 1. The zero-order valence-corrected chi connectivity index (χ0v) is 14.5. The van der Waals surface area contributed by atoms with Crippen LogP contribution in [0.2, 0.25) is 0 Å². The van der Waals surface area contributed by atoms with Crippen LogP contribution >= 0.6 is 11.3 Å². The average molecular weight is 343 g/mol. The maximum absolute atomic E-state index is 12.7. The van der Waals surface area contributed by atoms with E-state index < -0.39 is 5.97 Å². The first-order valence-corrected chi connectivity index (χ1v) is 9.16. The van der Waals surface area contributed by atoms with Gasteiger partial charge >= 0.3 is 5.97 Å². The Hall–Kier alpha value is -2.14. The summed E-state index contributed by atoms with van der Waals surface area (Å²) in [4.78, 5) is 27.0. The second-order valence-electron chi connectivity index (χ2n) is 6.06. The van der Waals surface area contributed by atoms with Gasteiger partial charge in [0.1, 0.15) is 0 Å². The molecule has 24 heavy (non-hydrogen) atoms. The Morgan fingerprint density at radius 3 is 2.67 bits per heavy atom. The Balaban J connectivity index is 1.63. The van der Waals surface area contributed by atoms with Gasteiger partial charge in [-0.1, -0.05) is 19.1 Å². The lowest BCUT2D eigenvalue weighted by molar-refractivity contribution is -0.134. The summed E-state index contributed by atoms with van der Waals surface area (Å²) in [5.74, 6) is -0.746. The van der Waals surface area contributed by atoms with Crippen molar-refractivity contribution < 1.29 is 14.7 Å². The molecule has 1 aromatic carbocycles. The summed E-state index contributed by atoms with van der Waals surface area (Å²) in [5, 5.41) is 11.0. The predicted molar refractivity (Wildman–Crippen MR) is 94.5 cm³/mol. The first kappa shape index (κ1) is 16.7. The Kier molecular flexibility index (Phi) is 5.00. The van der Waals surface area contributed by atoms with Crippen molar-refractivity contribution in [3.63, 3.8) is 0 Å². The number of thiophene rings is 1. The van der Waals surface area contributed by atoms with Gasteiger partial charge in [0.05, 0.1) is 11.6 Å². The summed E-state index contributed by atoms with van der Waals surface area (Å²) in [6.07, 6.45) is 2.98. The molecule has 0 saturated carbocycles. The molecule has 0 spiro atoms. The molecule has 1 unspecified atom stereocenters. The maximum Gasteiger partial charge on any atom is 0.335 e. The van der Waals surface area contributed by atoms with Crippen molar-refractivity contribution in [2.45, 2.75) is 38.6 Å². The van der Waals surface area contributed by atoms with Gasteiger partial charge in [0.25, 0.3) is 0 Å². The Morgan fingerprint density at radius 1 is 1.25 bits per heavy atom. The van der Waals surface area contributed by atoms with Crippen molar-refractivity contribution in [1.82, 2.24) is 4.90 Å². The summed E-state index contributed by atoms with van der Waals surface area (Å²) < 4.78 is 0. The molecular weight excluding hydrogens is 322 g/mol. The molecule has 0 fully saturated rings. The molecule has 0 saturated heterocycles. The number of amides is 1. The number of benzene rings is 1. The number of rotatable bonds is 5. The zero-order valence-electron chi connectivity index (χ0n) is 13.7. The molecule has 126 valence electrons. The maximum atomic E-state index is 12.7. The normalized spacial score (nSPS) is 16.7. The lowest BCUT2D eigenvalue weighted by atomic mass is 9.97. The molecule has 1 aliphatic heterocycles. The number of fused-ring (bicyclic) bond motifs is 1. The fourth-order valence-electron chi connectivity index (χ4n) is 3.34. The number of carbonyl (C=O) groups excluding carboxylic acids is 1. The minimum Gasteiger partial charge on any atom is -0.478 e. The van der Waals surface area contributed by atoms with Gasteiger partial charge in [-0.2, -0.15) is 0 Å². The highest BCUT2D eigenvalue weighted by Crippen LogP contribution is 2.35. The molecule has 1 atom stereocenters. The predicted octanol–water partition coefficient (Wildman–Crippen LogP) is 3.91. The first-order valence-electron chi connectivity index (χ1n) is 8.28. The van der Waals surface area contributed by atoms with Crippen LogP contribution in [0.1, 0.15) is 52.2 Å². The van der Waals surface area contributed by atoms with Crippen LogP contribution in [0.5, 0.6) is 0 Å². The third kappa shape index (κ3) is 3.36. The standard InChI is InChI=1S/C19H21NO3S/c1-2-16-15-10-12-24-17(15)9-11-20(16)18(21)8-5-13-3-6-14(7-4-13)19(22)23/h3-4,6-7,10,12,16H,2,5,8-9,11H2,1H3,(H,22,23). The number of carbonyl (C=O) groups is 2. The smallest absolute Gasteiger partial charge is 0.335 e. The number of carboxylic acids is 1. The summed E-state index contributed by atoms with van der Waals surface area (Å²) in [7, 11) is 0. The molecule has 2 aromatic rings. The fourth-order valence-corrected chi connectivity index (χ4v) is 4.27. The highest BCUT2D eigenvalue weighted by Gasteiger charge is 2.29. The highest BCUT2D eigenvalue weighted by atomic mass is 32.1. The topological polar surface area (TPSA) is 57.6 Å². The minimum atomic E-state index is -0.928. The summed E-state index contributed by atoms with van der Waals surface area (Å²) in [6, 6.07) is 9.12. The van der Waals surface area contributed by atoms with Crippen LogP contribution in [0.4, 0.5) is 0 Å². The molecule has 0 aliphatic carbocycles. The molecule has 3 rings (SSSR count). The van der Waals surface area contributed by atoms with Crippen LogP contribution < -0.4 is 0 Å². The summed E-state index contributed by atoms with van der Waals surface area (Å²) in [5.41, 5.74) is 2.58. The quantitative estimate of drug-likeness (QED) is 0.895. The van der Waals surface area contributed by atoms with Gasteiger partial charge in [-0.3, -0.25) is 4.79 Å². The Labute approximate surface area is 145 Å². The Morgan fingerprint density at radius 2 is 2.00 bits per heavy atom. The molecule has 5 heteroatoms. The van der Waals surface area contributed by atoms with E-state index in [1.165, 1.54) is 10.4 Å².